The van der Waals surface area contributed by atoms with Gasteiger partial charge in [0, 0.05) is 24.5 Å². The molecule has 0 saturated carbocycles. The molecule has 0 unspecified atom stereocenters. The Bertz CT molecular complexity index is 309. The standard InChI is InChI=1S/C13H25N3S/c1-5-6-7-16(4)9-12-10-17-13(15-12)8-14-11(2)3/h10-11,14H,5-9H2,1-4H3. The zero-order chi connectivity index (χ0) is 12.7. The molecule has 0 aromatic carbocycles. The van der Waals surface area contributed by atoms with Crippen LogP contribution in [0.4, 0.5) is 0 Å². The van der Waals surface area contributed by atoms with Crippen molar-refractivity contribution in [2.24, 2.45) is 0 Å². The van der Waals surface area contributed by atoms with Gasteiger partial charge in [-0.05, 0) is 20.0 Å². The Labute approximate surface area is 109 Å². The van der Waals surface area contributed by atoms with Crippen LogP contribution in [0.1, 0.15) is 44.3 Å². The van der Waals surface area contributed by atoms with Gasteiger partial charge in [0.25, 0.3) is 0 Å². The maximum absolute atomic E-state index is 4.64. The molecule has 98 valence electrons. The van der Waals surface area contributed by atoms with Gasteiger partial charge in [0.15, 0.2) is 0 Å². The van der Waals surface area contributed by atoms with E-state index in [9.17, 15) is 0 Å². The highest BCUT2D eigenvalue weighted by Gasteiger charge is 2.05. The molecule has 0 spiro atoms. The summed E-state index contributed by atoms with van der Waals surface area (Å²) in [6.07, 6.45) is 2.52. The first-order chi connectivity index (χ1) is 8.11. The third-order valence-corrected chi connectivity index (χ3v) is 3.48. The van der Waals surface area contributed by atoms with Crippen LogP contribution in [0.25, 0.3) is 0 Å². The molecule has 0 saturated heterocycles. The van der Waals surface area contributed by atoms with E-state index in [-0.39, 0.29) is 0 Å². The van der Waals surface area contributed by atoms with Gasteiger partial charge in [-0.2, -0.15) is 0 Å². The summed E-state index contributed by atoms with van der Waals surface area (Å²) in [7, 11) is 2.17. The largest absolute Gasteiger partial charge is 0.308 e. The first kappa shape index (κ1) is 14.6. The van der Waals surface area contributed by atoms with Crippen LogP contribution in [0, 0.1) is 0 Å². The van der Waals surface area contributed by atoms with Gasteiger partial charge in [-0.15, -0.1) is 11.3 Å². The Morgan fingerprint density at radius 3 is 2.88 bits per heavy atom. The number of nitrogens with one attached hydrogen (secondary N) is 1. The lowest BCUT2D eigenvalue weighted by Crippen LogP contribution is -2.22. The van der Waals surface area contributed by atoms with Crippen molar-refractivity contribution in [2.45, 2.75) is 52.7 Å². The van der Waals surface area contributed by atoms with E-state index in [1.807, 2.05) is 0 Å². The molecule has 0 aliphatic carbocycles. The van der Waals surface area contributed by atoms with Gasteiger partial charge in [0.05, 0.1) is 5.69 Å². The highest BCUT2D eigenvalue weighted by molar-refractivity contribution is 7.09. The van der Waals surface area contributed by atoms with E-state index in [1.54, 1.807) is 11.3 Å². The SMILES string of the molecule is CCCCN(C)Cc1csc(CNC(C)C)n1. The fraction of sp³-hybridized carbons (Fsp3) is 0.769. The summed E-state index contributed by atoms with van der Waals surface area (Å²) >= 11 is 1.76. The Hall–Kier alpha value is -0.450. The summed E-state index contributed by atoms with van der Waals surface area (Å²) in [6.45, 7) is 9.57. The van der Waals surface area contributed by atoms with Crippen molar-refractivity contribution in [2.75, 3.05) is 13.6 Å². The number of rotatable bonds is 8. The maximum Gasteiger partial charge on any atom is 0.107 e. The highest BCUT2D eigenvalue weighted by Crippen LogP contribution is 2.11. The molecule has 1 aromatic rings. The molecule has 1 rings (SSSR count). The third kappa shape index (κ3) is 6.15. The molecule has 0 amide bonds. The van der Waals surface area contributed by atoms with Crippen LogP contribution in [0.3, 0.4) is 0 Å². The molecule has 0 radical (unpaired) electrons. The molecule has 17 heavy (non-hydrogen) atoms. The van der Waals surface area contributed by atoms with Gasteiger partial charge in [0.1, 0.15) is 5.01 Å². The molecular weight excluding hydrogens is 230 g/mol. The number of hydrogen-bond donors (Lipinski definition) is 1. The van der Waals surface area contributed by atoms with Crippen LogP contribution in [-0.2, 0) is 13.1 Å². The van der Waals surface area contributed by atoms with E-state index < -0.39 is 0 Å². The van der Waals surface area contributed by atoms with E-state index in [4.69, 9.17) is 0 Å². The van der Waals surface area contributed by atoms with E-state index in [1.165, 1.54) is 23.5 Å². The minimum atomic E-state index is 0.523. The van der Waals surface area contributed by atoms with E-state index >= 15 is 0 Å². The molecule has 0 fully saturated rings. The quantitative estimate of drug-likeness (QED) is 0.774. The fourth-order valence-corrected chi connectivity index (χ4v) is 2.31. The second-order valence-electron chi connectivity index (χ2n) is 4.86. The topological polar surface area (TPSA) is 28.2 Å². The van der Waals surface area contributed by atoms with Gasteiger partial charge in [-0.1, -0.05) is 27.2 Å². The molecule has 1 N–H and O–H groups in total. The molecule has 3 nitrogen and oxygen atoms in total. The normalized spacial score (nSPS) is 11.6. The zero-order valence-electron chi connectivity index (χ0n) is 11.5. The minimum Gasteiger partial charge on any atom is -0.308 e. The van der Waals surface area contributed by atoms with Crippen molar-refractivity contribution in [3.8, 4) is 0 Å². The van der Waals surface area contributed by atoms with Crippen molar-refractivity contribution in [3.63, 3.8) is 0 Å². The van der Waals surface area contributed by atoms with Crippen LogP contribution in [0.15, 0.2) is 5.38 Å². The zero-order valence-corrected chi connectivity index (χ0v) is 12.3. The summed E-state index contributed by atoms with van der Waals surface area (Å²) in [5, 5.41) is 6.77. The summed E-state index contributed by atoms with van der Waals surface area (Å²) in [5.41, 5.74) is 1.20. The molecular formula is C13H25N3S. The molecule has 0 aliphatic heterocycles. The van der Waals surface area contributed by atoms with Gasteiger partial charge < -0.3 is 10.2 Å². The second-order valence-corrected chi connectivity index (χ2v) is 5.80. The summed E-state index contributed by atoms with van der Waals surface area (Å²) in [4.78, 5) is 6.99. The average molecular weight is 255 g/mol. The number of thiazole rings is 1. The Balaban J connectivity index is 2.34. The molecule has 1 aromatic heterocycles. The Kier molecular flexibility index (Phi) is 6.70. The van der Waals surface area contributed by atoms with Crippen LogP contribution in [0.5, 0.6) is 0 Å². The molecule has 4 heteroatoms. The van der Waals surface area contributed by atoms with Crippen LogP contribution < -0.4 is 5.32 Å². The summed E-state index contributed by atoms with van der Waals surface area (Å²) < 4.78 is 0. The van der Waals surface area contributed by atoms with Gasteiger partial charge in [-0.25, -0.2) is 4.98 Å². The first-order valence-corrected chi connectivity index (χ1v) is 7.35. The van der Waals surface area contributed by atoms with Gasteiger partial charge >= 0.3 is 0 Å². The molecule has 1 heterocycles. The minimum absolute atomic E-state index is 0.523. The van der Waals surface area contributed by atoms with Gasteiger partial charge in [-0.3, -0.25) is 0 Å². The van der Waals surface area contributed by atoms with E-state index in [0.29, 0.717) is 6.04 Å². The lowest BCUT2D eigenvalue weighted by molar-refractivity contribution is 0.317. The number of unbranched alkanes of at least 4 members (excludes halogenated alkanes) is 1. The highest BCUT2D eigenvalue weighted by atomic mass is 32.1. The van der Waals surface area contributed by atoms with Crippen molar-refractivity contribution >= 4 is 11.3 Å². The van der Waals surface area contributed by atoms with Crippen molar-refractivity contribution in [3.05, 3.63) is 16.1 Å². The van der Waals surface area contributed by atoms with Crippen molar-refractivity contribution in [1.29, 1.82) is 0 Å². The van der Waals surface area contributed by atoms with Crippen LogP contribution in [0.2, 0.25) is 0 Å². The average Bonchev–Trinajstić information content (AvgIpc) is 2.71. The van der Waals surface area contributed by atoms with Crippen molar-refractivity contribution < 1.29 is 0 Å². The third-order valence-electron chi connectivity index (χ3n) is 2.59. The number of nitrogens with zero attached hydrogens (tertiary/aromatic N) is 2. The summed E-state index contributed by atoms with van der Waals surface area (Å²) in [6, 6.07) is 0.523. The van der Waals surface area contributed by atoms with E-state index in [2.05, 4.69) is 48.4 Å². The van der Waals surface area contributed by atoms with Gasteiger partial charge in [0.2, 0.25) is 0 Å². The van der Waals surface area contributed by atoms with E-state index in [0.717, 1.165) is 19.6 Å². The fourth-order valence-electron chi connectivity index (χ4n) is 1.58. The maximum atomic E-state index is 4.64. The second kappa shape index (κ2) is 7.80. The smallest absolute Gasteiger partial charge is 0.107 e. The Morgan fingerprint density at radius 1 is 1.47 bits per heavy atom. The predicted molar refractivity (Wildman–Crippen MR) is 75.3 cm³/mol. The van der Waals surface area contributed by atoms with Crippen LogP contribution in [-0.4, -0.2) is 29.5 Å². The molecule has 0 atom stereocenters. The monoisotopic (exact) mass is 255 g/mol. The first-order valence-electron chi connectivity index (χ1n) is 6.47. The lowest BCUT2D eigenvalue weighted by Gasteiger charge is -2.14. The molecule has 0 bridgehead atoms. The molecule has 0 aliphatic rings. The van der Waals surface area contributed by atoms with Crippen molar-refractivity contribution in [1.82, 2.24) is 15.2 Å². The number of hydrogen-bond acceptors (Lipinski definition) is 4. The summed E-state index contributed by atoms with van der Waals surface area (Å²) in [5.74, 6) is 0. The number of aromatic nitrogens is 1. The van der Waals surface area contributed by atoms with Crippen LogP contribution >= 0.6 is 11.3 Å². The predicted octanol–water partition coefficient (Wildman–Crippen LogP) is 2.87. The lowest BCUT2D eigenvalue weighted by atomic mass is 10.3. The Morgan fingerprint density at radius 2 is 2.24 bits per heavy atom.